The lowest BCUT2D eigenvalue weighted by Gasteiger charge is -2.15. The highest BCUT2D eigenvalue weighted by Gasteiger charge is 2.16. The standard InChI is InChI=1S/C23H28BrN5O3/c1-14(12-26-21-11-17(24)6-7-19(21)25)5-4-8-32-22-18(13-27-29(22)3)20-10-16(23(30)31)9-15(2)28-20/h6-7,9-11,13-14,26H,4-5,8,12,25H2,1-3H3,(H,30,31). The molecule has 3 aromatic rings. The van der Waals surface area contributed by atoms with Crippen LogP contribution in [0.2, 0.25) is 0 Å². The fourth-order valence-corrected chi connectivity index (χ4v) is 3.73. The summed E-state index contributed by atoms with van der Waals surface area (Å²) in [5, 5.41) is 17.0. The summed E-state index contributed by atoms with van der Waals surface area (Å²) < 4.78 is 8.64. The molecule has 0 bridgehead atoms. The van der Waals surface area contributed by atoms with Crippen molar-refractivity contribution in [2.75, 3.05) is 24.2 Å². The van der Waals surface area contributed by atoms with Crippen LogP contribution in [0.3, 0.4) is 0 Å². The van der Waals surface area contributed by atoms with E-state index in [2.05, 4.69) is 38.3 Å². The topological polar surface area (TPSA) is 115 Å². The molecule has 1 aromatic carbocycles. The van der Waals surface area contributed by atoms with Gasteiger partial charge < -0.3 is 20.9 Å². The molecule has 0 saturated heterocycles. The molecule has 0 fully saturated rings. The average molecular weight is 502 g/mol. The fourth-order valence-electron chi connectivity index (χ4n) is 3.37. The molecule has 32 heavy (non-hydrogen) atoms. The van der Waals surface area contributed by atoms with E-state index in [1.165, 1.54) is 0 Å². The van der Waals surface area contributed by atoms with Crippen molar-refractivity contribution >= 4 is 33.3 Å². The normalized spacial score (nSPS) is 11.9. The Morgan fingerprint density at radius 2 is 2.12 bits per heavy atom. The third-order valence-electron chi connectivity index (χ3n) is 5.10. The lowest BCUT2D eigenvalue weighted by atomic mass is 10.1. The van der Waals surface area contributed by atoms with Crippen molar-refractivity contribution in [2.24, 2.45) is 13.0 Å². The molecule has 3 rings (SSSR count). The van der Waals surface area contributed by atoms with Gasteiger partial charge >= 0.3 is 5.97 Å². The van der Waals surface area contributed by atoms with Gasteiger partial charge in [0, 0.05) is 23.8 Å². The molecule has 0 aliphatic heterocycles. The molecule has 0 saturated carbocycles. The number of halogens is 1. The summed E-state index contributed by atoms with van der Waals surface area (Å²) in [4.78, 5) is 15.9. The Morgan fingerprint density at radius 1 is 1.34 bits per heavy atom. The predicted molar refractivity (Wildman–Crippen MR) is 129 cm³/mol. The Morgan fingerprint density at radius 3 is 2.88 bits per heavy atom. The zero-order valence-corrected chi connectivity index (χ0v) is 20.0. The highest BCUT2D eigenvalue weighted by Crippen LogP contribution is 2.29. The number of anilines is 2. The van der Waals surface area contributed by atoms with Gasteiger partial charge in [-0.05, 0) is 56.0 Å². The predicted octanol–water partition coefficient (Wildman–Crippen LogP) is 4.74. The van der Waals surface area contributed by atoms with Crippen molar-refractivity contribution in [1.29, 1.82) is 0 Å². The zero-order valence-electron chi connectivity index (χ0n) is 18.4. The molecular formula is C23H28BrN5O3. The number of nitrogens with zero attached hydrogens (tertiary/aromatic N) is 3. The van der Waals surface area contributed by atoms with Gasteiger partial charge in [-0.3, -0.25) is 4.98 Å². The van der Waals surface area contributed by atoms with Crippen LogP contribution in [0.15, 0.2) is 41.0 Å². The van der Waals surface area contributed by atoms with Gasteiger partial charge in [0.1, 0.15) is 0 Å². The van der Waals surface area contributed by atoms with E-state index in [0.717, 1.165) is 35.2 Å². The molecule has 0 radical (unpaired) electrons. The number of hydrogen-bond donors (Lipinski definition) is 3. The van der Waals surface area contributed by atoms with Gasteiger partial charge in [-0.15, -0.1) is 0 Å². The van der Waals surface area contributed by atoms with Crippen LogP contribution in [0.4, 0.5) is 11.4 Å². The minimum Gasteiger partial charge on any atom is -0.478 e. The second kappa shape index (κ2) is 10.5. The average Bonchev–Trinajstić information content (AvgIpc) is 3.11. The first-order valence-electron chi connectivity index (χ1n) is 10.4. The summed E-state index contributed by atoms with van der Waals surface area (Å²) in [6.07, 6.45) is 3.49. The van der Waals surface area contributed by atoms with Gasteiger partial charge in [-0.25, -0.2) is 9.48 Å². The minimum absolute atomic E-state index is 0.190. The number of ether oxygens (including phenoxy) is 1. The number of benzene rings is 1. The molecule has 2 aromatic heterocycles. The van der Waals surface area contributed by atoms with E-state index in [0.29, 0.717) is 35.4 Å². The Hall–Kier alpha value is -3.07. The van der Waals surface area contributed by atoms with E-state index in [4.69, 9.17) is 10.5 Å². The number of aryl methyl sites for hydroxylation is 2. The van der Waals surface area contributed by atoms with Gasteiger partial charge in [-0.2, -0.15) is 5.10 Å². The van der Waals surface area contributed by atoms with E-state index >= 15 is 0 Å². The summed E-state index contributed by atoms with van der Waals surface area (Å²) in [5.41, 5.74) is 9.70. The van der Waals surface area contributed by atoms with Crippen molar-refractivity contribution in [1.82, 2.24) is 14.8 Å². The molecule has 2 heterocycles. The summed E-state index contributed by atoms with van der Waals surface area (Å²) in [6, 6.07) is 8.85. The zero-order chi connectivity index (χ0) is 23.3. The number of nitrogens with one attached hydrogen (secondary N) is 1. The van der Waals surface area contributed by atoms with Crippen LogP contribution in [0.1, 0.15) is 35.8 Å². The second-order valence-corrected chi connectivity index (χ2v) is 8.80. The molecule has 170 valence electrons. The van der Waals surface area contributed by atoms with Crippen LogP contribution in [-0.4, -0.2) is 39.0 Å². The SMILES string of the molecule is Cc1cc(C(=O)O)cc(-c2cnn(C)c2OCCCC(C)CNc2cc(Br)ccc2N)n1. The van der Waals surface area contributed by atoms with Gasteiger partial charge in [-0.1, -0.05) is 22.9 Å². The number of carboxylic acids is 1. The van der Waals surface area contributed by atoms with Crippen molar-refractivity contribution < 1.29 is 14.6 Å². The first kappa shape index (κ1) is 23.6. The van der Waals surface area contributed by atoms with E-state index in [1.54, 1.807) is 37.0 Å². The van der Waals surface area contributed by atoms with Gasteiger partial charge in [0.2, 0.25) is 5.88 Å². The maximum atomic E-state index is 11.4. The number of aromatic nitrogens is 3. The molecule has 0 aliphatic carbocycles. The smallest absolute Gasteiger partial charge is 0.335 e. The number of hydrogen-bond acceptors (Lipinski definition) is 6. The molecule has 4 N–H and O–H groups in total. The fraction of sp³-hybridized carbons (Fsp3) is 0.348. The van der Waals surface area contributed by atoms with Crippen LogP contribution >= 0.6 is 15.9 Å². The van der Waals surface area contributed by atoms with E-state index in [-0.39, 0.29) is 5.56 Å². The van der Waals surface area contributed by atoms with Crippen LogP contribution in [0, 0.1) is 12.8 Å². The van der Waals surface area contributed by atoms with Gasteiger partial charge in [0.15, 0.2) is 0 Å². The molecule has 1 atom stereocenters. The van der Waals surface area contributed by atoms with Gasteiger partial charge in [0.25, 0.3) is 0 Å². The molecule has 0 amide bonds. The van der Waals surface area contributed by atoms with Crippen LogP contribution in [0.5, 0.6) is 5.88 Å². The highest BCUT2D eigenvalue weighted by atomic mass is 79.9. The summed E-state index contributed by atoms with van der Waals surface area (Å²) in [5.74, 6) is 0.0157. The second-order valence-electron chi connectivity index (χ2n) is 7.88. The van der Waals surface area contributed by atoms with Gasteiger partial charge in [0.05, 0.1) is 41.0 Å². The molecule has 0 aliphatic rings. The van der Waals surface area contributed by atoms with Crippen molar-refractivity contribution in [3.8, 4) is 17.1 Å². The number of aromatic carboxylic acids is 1. The van der Waals surface area contributed by atoms with E-state index in [1.807, 2.05) is 18.2 Å². The quantitative estimate of drug-likeness (QED) is 0.271. The highest BCUT2D eigenvalue weighted by molar-refractivity contribution is 9.10. The monoisotopic (exact) mass is 501 g/mol. The molecule has 9 heteroatoms. The van der Waals surface area contributed by atoms with Crippen molar-refractivity contribution in [3.63, 3.8) is 0 Å². The van der Waals surface area contributed by atoms with E-state index < -0.39 is 5.97 Å². The minimum atomic E-state index is -0.990. The molecule has 0 spiro atoms. The number of nitrogen functional groups attached to an aromatic ring is 1. The first-order chi connectivity index (χ1) is 15.2. The molecular weight excluding hydrogens is 474 g/mol. The third kappa shape index (κ3) is 6.00. The molecule has 1 unspecified atom stereocenters. The maximum absolute atomic E-state index is 11.4. The Balaban J connectivity index is 1.55. The van der Waals surface area contributed by atoms with Crippen molar-refractivity contribution in [2.45, 2.75) is 26.7 Å². The van der Waals surface area contributed by atoms with E-state index in [9.17, 15) is 9.90 Å². The number of carboxylic acid groups (broad SMARTS) is 1. The largest absolute Gasteiger partial charge is 0.478 e. The Bertz CT molecular complexity index is 1100. The third-order valence-corrected chi connectivity index (χ3v) is 5.59. The first-order valence-corrected chi connectivity index (χ1v) is 11.2. The van der Waals surface area contributed by atoms with Crippen LogP contribution in [0.25, 0.3) is 11.3 Å². The lowest BCUT2D eigenvalue weighted by molar-refractivity contribution is 0.0696. The lowest BCUT2D eigenvalue weighted by Crippen LogP contribution is -2.14. The number of carbonyl (C=O) groups is 1. The maximum Gasteiger partial charge on any atom is 0.335 e. The number of pyridine rings is 1. The summed E-state index contributed by atoms with van der Waals surface area (Å²) in [7, 11) is 1.79. The van der Waals surface area contributed by atoms with Crippen molar-refractivity contribution in [3.05, 3.63) is 52.3 Å². The Kier molecular flexibility index (Phi) is 7.74. The van der Waals surface area contributed by atoms with Crippen LogP contribution < -0.4 is 15.8 Å². The summed E-state index contributed by atoms with van der Waals surface area (Å²) in [6.45, 7) is 5.28. The number of nitrogens with two attached hydrogens (primary N) is 1. The number of rotatable bonds is 10. The Labute approximate surface area is 195 Å². The summed E-state index contributed by atoms with van der Waals surface area (Å²) >= 11 is 3.46. The van der Waals surface area contributed by atoms with Crippen LogP contribution in [-0.2, 0) is 7.05 Å². The molecule has 8 nitrogen and oxygen atoms in total.